The molecule has 0 radical (unpaired) electrons. The summed E-state index contributed by atoms with van der Waals surface area (Å²) in [6.07, 6.45) is 1.78. The molecule has 0 spiro atoms. The van der Waals surface area contributed by atoms with Gasteiger partial charge in [-0.1, -0.05) is 13.8 Å². The Morgan fingerprint density at radius 1 is 1.22 bits per heavy atom. The van der Waals surface area contributed by atoms with E-state index in [2.05, 4.69) is 56.2 Å². The van der Waals surface area contributed by atoms with Gasteiger partial charge in [0.15, 0.2) is 0 Å². The maximum atomic E-state index is 5.58. The van der Waals surface area contributed by atoms with Crippen LogP contribution in [0.15, 0.2) is 16.7 Å². The first-order valence-electron chi connectivity index (χ1n) is 6.61. The SMILES string of the molecule is CC(C)NCc1ccoc1CN(C)CCN(C)C. The van der Waals surface area contributed by atoms with Crippen LogP contribution >= 0.6 is 0 Å². The Hall–Kier alpha value is -0.840. The van der Waals surface area contributed by atoms with Gasteiger partial charge in [-0.3, -0.25) is 4.90 Å². The largest absolute Gasteiger partial charge is 0.468 e. The van der Waals surface area contributed by atoms with Crippen molar-refractivity contribution in [2.24, 2.45) is 0 Å². The van der Waals surface area contributed by atoms with Gasteiger partial charge in [0, 0.05) is 31.2 Å². The van der Waals surface area contributed by atoms with Crippen molar-refractivity contribution in [1.29, 1.82) is 0 Å². The lowest BCUT2D eigenvalue weighted by Gasteiger charge is -2.19. The van der Waals surface area contributed by atoms with E-state index in [0.717, 1.165) is 31.9 Å². The van der Waals surface area contributed by atoms with E-state index in [4.69, 9.17) is 4.42 Å². The van der Waals surface area contributed by atoms with Crippen LogP contribution in [-0.2, 0) is 13.1 Å². The zero-order valence-electron chi connectivity index (χ0n) is 12.4. The molecule has 0 fully saturated rings. The number of hydrogen-bond donors (Lipinski definition) is 1. The van der Waals surface area contributed by atoms with Gasteiger partial charge in [-0.2, -0.15) is 0 Å². The number of furan rings is 1. The van der Waals surface area contributed by atoms with Crippen LogP contribution in [0.5, 0.6) is 0 Å². The summed E-state index contributed by atoms with van der Waals surface area (Å²) in [5.41, 5.74) is 1.26. The predicted octanol–water partition coefficient (Wildman–Crippen LogP) is 1.77. The van der Waals surface area contributed by atoms with Crippen LogP contribution in [0, 0.1) is 0 Å². The van der Waals surface area contributed by atoms with E-state index in [0.29, 0.717) is 6.04 Å². The van der Waals surface area contributed by atoms with E-state index in [9.17, 15) is 0 Å². The second-order valence-electron chi connectivity index (χ2n) is 5.45. The molecule has 0 aromatic carbocycles. The smallest absolute Gasteiger partial charge is 0.122 e. The van der Waals surface area contributed by atoms with E-state index in [1.165, 1.54) is 5.56 Å². The van der Waals surface area contributed by atoms with Crippen molar-refractivity contribution in [3.05, 3.63) is 23.7 Å². The molecule has 0 aliphatic carbocycles. The lowest BCUT2D eigenvalue weighted by atomic mass is 10.2. The molecule has 4 nitrogen and oxygen atoms in total. The van der Waals surface area contributed by atoms with E-state index < -0.39 is 0 Å². The highest BCUT2D eigenvalue weighted by molar-refractivity contribution is 5.16. The summed E-state index contributed by atoms with van der Waals surface area (Å²) in [5.74, 6) is 1.07. The molecule has 4 heteroatoms. The molecule has 1 aromatic heterocycles. The first-order valence-corrected chi connectivity index (χ1v) is 6.61. The van der Waals surface area contributed by atoms with Gasteiger partial charge in [0.05, 0.1) is 12.8 Å². The van der Waals surface area contributed by atoms with Crippen molar-refractivity contribution >= 4 is 0 Å². The molecule has 0 saturated carbocycles. The summed E-state index contributed by atoms with van der Waals surface area (Å²) in [7, 11) is 6.32. The summed E-state index contributed by atoms with van der Waals surface area (Å²) in [6, 6.07) is 2.56. The highest BCUT2D eigenvalue weighted by Crippen LogP contribution is 2.12. The normalized spacial score (nSPS) is 12.0. The second kappa shape index (κ2) is 7.56. The molecule has 0 aliphatic heterocycles. The van der Waals surface area contributed by atoms with E-state index in [1.807, 2.05) is 0 Å². The number of hydrogen-bond acceptors (Lipinski definition) is 4. The monoisotopic (exact) mass is 253 g/mol. The molecular weight excluding hydrogens is 226 g/mol. The lowest BCUT2D eigenvalue weighted by molar-refractivity contribution is 0.257. The Bertz CT molecular complexity index is 334. The molecule has 0 bridgehead atoms. The molecule has 0 unspecified atom stereocenters. The van der Waals surface area contributed by atoms with E-state index >= 15 is 0 Å². The number of nitrogens with zero attached hydrogens (tertiary/aromatic N) is 2. The summed E-state index contributed by atoms with van der Waals surface area (Å²) in [5, 5.41) is 3.43. The summed E-state index contributed by atoms with van der Waals surface area (Å²) in [4.78, 5) is 4.48. The minimum absolute atomic E-state index is 0.499. The number of likely N-dealkylation sites (N-methyl/N-ethyl adjacent to an activating group) is 2. The standard InChI is InChI=1S/C14H27N3O/c1-12(2)15-10-13-6-9-18-14(13)11-17(5)8-7-16(3)4/h6,9,12,15H,7-8,10-11H2,1-5H3. The minimum atomic E-state index is 0.499. The fraction of sp³-hybridized carbons (Fsp3) is 0.714. The molecule has 1 aromatic rings. The van der Waals surface area contributed by atoms with Crippen molar-refractivity contribution in [3.63, 3.8) is 0 Å². The van der Waals surface area contributed by atoms with Crippen LogP contribution in [0.4, 0.5) is 0 Å². The van der Waals surface area contributed by atoms with E-state index in [-0.39, 0.29) is 0 Å². The Kier molecular flexibility index (Phi) is 6.39. The Morgan fingerprint density at radius 2 is 1.94 bits per heavy atom. The molecule has 0 atom stereocenters. The van der Waals surface area contributed by atoms with Gasteiger partial charge in [-0.25, -0.2) is 0 Å². The Balaban J connectivity index is 2.43. The Morgan fingerprint density at radius 3 is 2.56 bits per heavy atom. The van der Waals surface area contributed by atoms with Crippen LogP contribution in [-0.4, -0.2) is 50.1 Å². The summed E-state index contributed by atoms with van der Waals surface area (Å²) < 4.78 is 5.58. The van der Waals surface area contributed by atoms with Gasteiger partial charge in [0.1, 0.15) is 5.76 Å². The zero-order valence-corrected chi connectivity index (χ0v) is 12.4. The summed E-state index contributed by atoms with van der Waals surface area (Å²) >= 11 is 0. The van der Waals surface area contributed by atoms with Gasteiger partial charge < -0.3 is 14.6 Å². The molecule has 18 heavy (non-hydrogen) atoms. The van der Waals surface area contributed by atoms with Crippen LogP contribution in [0.25, 0.3) is 0 Å². The first-order chi connectivity index (χ1) is 8.49. The maximum absolute atomic E-state index is 5.58. The van der Waals surface area contributed by atoms with Crippen molar-refractivity contribution < 1.29 is 4.42 Å². The average Bonchev–Trinajstić information content (AvgIpc) is 2.71. The first kappa shape index (κ1) is 15.2. The zero-order chi connectivity index (χ0) is 13.5. The molecule has 0 saturated heterocycles. The fourth-order valence-corrected chi connectivity index (χ4v) is 1.67. The van der Waals surface area contributed by atoms with Crippen LogP contribution in [0.1, 0.15) is 25.2 Å². The second-order valence-corrected chi connectivity index (χ2v) is 5.45. The van der Waals surface area contributed by atoms with Gasteiger partial charge in [-0.05, 0) is 27.2 Å². The maximum Gasteiger partial charge on any atom is 0.122 e. The lowest BCUT2D eigenvalue weighted by Crippen LogP contribution is -2.29. The Labute approximate surface area is 111 Å². The van der Waals surface area contributed by atoms with Crippen molar-refractivity contribution in [1.82, 2.24) is 15.1 Å². The molecule has 0 amide bonds. The average molecular weight is 253 g/mol. The molecule has 1 heterocycles. The third kappa shape index (κ3) is 5.67. The quantitative estimate of drug-likeness (QED) is 0.765. The topological polar surface area (TPSA) is 31.7 Å². The minimum Gasteiger partial charge on any atom is -0.468 e. The molecule has 1 rings (SSSR count). The highest BCUT2D eigenvalue weighted by atomic mass is 16.3. The van der Waals surface area contributed by atoms with Gasteiger partial charge in [0.2, 0.25) is 0 Å². The van der Waals surface area contributed by atoms with Crippen LogP contribution in [0.2, 0.25) is 0 Å². The number of rotatable bonds is 8. The third-order valence-electron chi connectivity index (χ3n) is 2.88. The summed E-state index contributed by atoms with van der Waals surface area (Å²) in [6.45, 7) is 8.18. The van der Waals surface area contributed by atoms with Gasteiger partial charge >= 0.3 is 0 Å². The van der Waals surface area contributed by atoms with Crippen molar-refractivity contribution in [2.75, 3.05) is 34.2 Å². The van der Waals surface area contributed by atoms with Crippen LogP contribution < -0.4 is 5.32 Å². The van der Waals surface area contributed by atoms with Crippen molar-refractivity contribution in [3.8, 4) is 0 Å². The highest BCUT2D eigenvalue weighted by Gasteiger charge is 2.09. The third-order valence-corrected chi connectivity index (χ3v) is 2.88. The fourth-order valence-electron chi connectivity index (χ4n) is 1.67. The molecule has 0 aliphatic rings. The molecular formula is C14H27N3O. The van der Waals surface area contributed by atoms with E-state index in [1.54, 1.807) is 6.26 Å². The molecule has 104 valence electrons. The van der Waals surface area contributed by atoms with Crippen LogP contribution in [0.3, 0.4) is 0 Å². The predicted molar refractivity (Wildman–Crippen MR) is 75.6 cm³/mol. The van der Waals surface area contributed by atoms with Crippen molar-refractivity contribution in [2.45, 2.75) is 33.0 Å². The van der Waals surface area contributed by atoms with Gasteiger partial charge in [-0.15, -0.1) is 0 Å². The number of nitrogens with one attached hydrogen (secondary N) is 1. The van der Waals surface area contributed by atoms with Gasteiger partial charge in [0.25, 0.3) is 0 Å². The molecule has 1 N–H and O–H groups in total.